The van der Waals surface area contributed by atoms with Crippen LogP contribution in [-0.4, -0.2) is 64.0 Å². The number of nitrogens with zero attached hydrogens (tertiary/aromatic N) is 1. The molecule has 0 aromatic heterocycles. The maximum atomic E-state index is 13.3. The fourth-order valence-corrected chi connectivity index (χ4v) is 6.02. The number of benzene rings is 1. The van der Waals surface area contributed by atoms with Crippen LogP contribution in [0.25, 0.3) is 0 Å². The van der Waals surface area contributed by atoms with E-state index in [0.717, 1.165) is 44.3 Å². The number of amides is 2. The van der Waals surface area contributed by atoms with E-state index in [1.807, 2.05) is 24.1 Å². The normalized spacial score (nSPS) is 21.0. The number of likely N-dealkylation sites (tertiary alicyclic amines) is 1. The van der Waals surface area contributed by atoms with Gasteiger partial charge in [-0.05, 0) is 44.7 Å². The highest BCUT2D eigenvalue weighted by Gasteiger charge is 2.33. The second-order valence-electron chi connectivity index (χ2n) is 10.1. The van der Waals surface area contributed by atoms with Gasteiger partial charge in [-0.1, -0.05) is 67.4 Å². The van der Waals surface area contributed by atoms with Crippen LogP contribution >= 0.6 is 23.2 Å². The zero-order valence-corrected chi connectivity index (χ0v) is 22.9. The van der Waals surface area contributed by atoms with Crippen molar-refractivity contribution in [3.8, 4) is 0 Å². The molecule has 2 N–H and O–H groups in total. The molecule has 1 aliphatic heterocycles. The Balaban J connectivity index is 1.66. The molecular formula is C27H43Cl2N3O3. The number of hydrogen-bond acceptors (Lipinski definition) is 4. The number of halogens is 2. The number of nitrogens with one attached hydrogen (secondary N) is 2. The molecule has 8 heteroatoms. The van der Waals surface area contributed by atoms with E-state index in [1.54, 1.807) is 13.2 Å². The maximum Gasteiger partial charge on any atom is 0.317 e. The third-order valence-electron chi connectivity index (χ3n) is 7.37. The molecule has 6 nitrogen and oxygen atoms in total. The van der Waals surface area contributed by atoms with Crippen LogP contribution in [0, 0.1) is 11.8 Å². The first kappa shape index (κ1) is 28.5. The molecule has 35 heavy (non-hydrogen) atoms. The lowest BCUT2D eigenvalue weighted by Gasteiger charge is -2.38. The monoisotopic (exact) mass is 527 g/mol. The number of rotatable bonds is 12. The number of piperidine rings is 1. The summed E-state index contributed by atoms with van der Waals surface area (Å²) in [5.74, 6) is 0.862. The van der Waals surface area contributed by atoms with Crippen LogP contribution in [0.2, 0.25) is 10.0 Å². The highest BCUT2D eigenvalue weighted by molar-refractivity contribution is 6.42. The van der Waals surface area contributed by atoms with Gasteiger partial charge < -0.3 is 25.0 Å². The summed E-state index contributed by atoms with van der Waals surface area (Å²) < 4.78 is 11.5. The Morgan fingerprint density at radius 2 is 1.94 bits per heavy atom. The minimum absolute atomic E-state index is 0.0288. The highest BCUT2D eigenvalue weighted by atomic mass is 35.5. The SMILES string of the molecule is CNCC(CC1CCCCC1)NC(=O)N1CCC[C@@H]([C@@H](OCCCOC)c2cccc(Cl)c2Cl)C1. The molecule has 1 aliphatic carbocycles. The predicted octanol–water partition coefficient (Wildman–Crippen LogP) is 6.07. The number of hydrogen-bond donors (Lipinski definition) is 2. The number of carbonyl (C=O) groups excluding carboxylic acids is 1. The Hall–Kier alpha value is -1.05. The average Bonchev–Trinajstić information content (AvgIpc) is 2.87. The summed E-state index contributed by atoms with van der Waals surface area (Å²) in [6, 6.07) is 5.88. The average molecular weight is 529 g/mol. The lowest BCUT2D eigenvalue weighted by molar-refractivity contribution is -0.0167. The van der Waals surface area contributed by atoms with Crippen molar-refractivity contribution in [2.24, 2.45) is 11.8 Å². The zero-order valence-electron chi connectivity index (χ0n) is 21.4. The van der Waals surface area contributed by atoms with Crippen molar-refractivity contribution >= 4 is 29.2 Å². The topological polar surface area (TPSA) is 62.8 Å². The summed E-state index contributed by atoms with van der Waals surface area (Å²) in [6.07, 6.45) is 10.1. The van der Waals surface area contributed by atoms with Crippen LogP contribution in [-0.2, 0) is 9.47 Å². The standard InChI is InChI=1S/C27H43Cl2N3O3/c1-30-18-22(17-20-9-4-3-5-10-20)31-27(33)32-14-7-11-21(19-32)26(35-16-8-15-34-2)23-12-6-13-24(28)25(23)29/h6,12-13,20-22,26,30H,3-5,7-11,14-19H2,1-2H3,(H,31,33)/t21-,22?,26-/m1/s1. The number of methoxy groups -OCH3 is 1. The van der Waals surface area contributed by atoms with Crippen molar-refractivity contribution in [1.29, 1.82) is 0 Å². The van der Waals surface area contributed by atoms with E-state index in [0.29, 0.717) is 35.7 Å². The van der Waals surface area contributed by atoms with Crippen molar-refractivity contribution in [2.75, 3.05) is 47.0 Å². The zero-order chi connectivity index (χ0) is 25.0. The van der Waals surface area contributed by atoms with Crippen LogP contribution in [0.4, 0.5) is 4.79 Å². The predicted molar refractivity (Wildman–Crippen MR) is 143 cm³/mol. The molecule has 2 amide bonds. The number of likely N-dealkylation sites (N-methyl/N-ethyl adjacent to an activating group) is 1. The summed E-state index contributed by atoms with van der Waals surface area (Å²) in [5.41, 5.74) is 0.897. The Morgan fingerprint density at radius 3 is 2.69 bits per heavy atom. The third kappa shape index (κ3) is 8.78. The minimum atomic E-state index is -0.219. The van der Waals surface area contributed by atoms with Crippen molar-refractivity contribution in [1.82, 2.24) is 15.5 Å². The first-order valence-electron chi connectivity index (χ1n) is 13.3. The van der Waals surface area contributed by atoms with Crippen LogP contribution in [0.15, 0.2) is 18.2 Å². The molecule has 1 unspecified atom stereocenters. The molecule has 3 atom stereocenters. The van der Waals surface area contributed by atoms with Gasteiger partial charge >= 0.3 is 6.03 Å². The Bertz CT molecular complexity index is 776. The molecule has 0 bridgehead atoms. The second-order valence-corrected chi connectivity index (χ2v) is 10.9. The molecule has 0 spiro atoms. The smallest absolute Gasteiger partial charge is 0.317 e. The lowest BCUT2D eigenvalue weighted by atomic mass is 9.85. The van der Waals surface area contributed by atoms with Gasteiger partial charge in [0.1, 0.15) is 0 Å². The Labute approximate surface area is 221 Å². The molecular weight excluding hydrogens is 485 g/mol. The van der Waals surface area contributed by atoms with Gasteiger partial charge in [-0.25, -0.2) is 4.79 Å². The van der Waals surface area contributed by atoms with Crippen LogP contribution in [0.1, 0.15) is 69.5 Å². The van der Waals surface area contributed by atoms with Crippen molar-refractivity contribution < 1.29 is 14.3 Å². The van der Waals surface area contributed by atoms with E-state index in [-0.39, 0.29) is 24.1 Å². The largest absolute Gasteiger partial charge is 0.385 e. The lowest BCUT2D eigenvalue weighted by Crippen LogP contribution is -2.52. The molecule has 1 saturated carbocycles. The number of ether oxygens (including phenoxy) is 2. The van der Waals surface area contributed by atoms with E-state index < -0.39 is 0 Å². The van der Waals surface area contributed by atoms with E-state index >= 15 is 0 Å². The highest BCUT2D eigenvalue weighted by Crippen LogP contribution is 2.39. The van der Waals surface area contributed by atoms with Crippen LogP contribution < -0.4 is 10.6 Å². The summed E-state index contributed by atoms with van der Waals surface area (Å²) in [7, 11) is 3.65. The van der Waals surface area contributed by atoms with Gasteiger partial charge in [-0.15, -0.1) is 0 Å². The van der Waals surface area contributed by atoms with Crippen molar-refractivity contribution in [3.05, 3.63) is 33.8 Å². The van der Waals surface area contributed by atoms with Crippen molar-refractivity contribution in [2.45, 2.75) is 69.9 Å². The molecule has 1 saturated heterocycles. The van der Waals surface area contributed by atoms with Crippen LogP contribution in [0.5, 0.6) is 0 Å². The van der Waals surface area contributed by atoms with E-state index in [4.69, 9.17) is 32.7 Å². The van der Waals surface area contributed by atoms with Gasteiger partial charge in [-0.3, -0.25) is 0 Å². The number of urea groups is 1. The number of carbonyl (C=O) groups is 1. The van der Waals surface area contributed by atoms with Gasteiger partial charge in [0.15, 0.2) is 0 Å². The summed E-state index contributed by atoms with van der Waals surface area (Å²) in [5, 5.41) is 7.66. The van der Waals surface area contributed by atoms with Crippen molar-refractivity contribution in [3.63, 3.8) is 0 Å². The summed E-state index contributed by atoms with van der Waals surface area (Å²) in [4.78, 5) is 15.3. The molecule has 1 aromatic rings. The molecule has 2 aliphatic rings. The first-order chi connectivity index (χ1) is 17.0. The van der Waals surface area contributed by atoms with E-state index in [9.17, 15) is 4.79 Å². The van der Waals surface area contributed by atoms with Gasteiger partial charge in [0.25, 0.3) is 0 Å². The molecule has 2 fully saturated rings. The maximum absolute atomic E-state index is 13.3. The molecule has 198 valence electrons. The molecule has 3 rings (SSSR count). The second kappa shape index (κ2) is 15.3. The third-order valence-corrected chi connectivity index (χ3v) is 8.21. The minimum Gasteiger partial charge on any atom is -0.385 e. The first-order valence-corrected chi connectivity index (χ1v) is 14.0. The van der Waals surface area contributed by atoms with E-state index in [2.05, 4.69) is 10.6 Å². The fourth-order valence-electron chi connectivity index (χ4n) is 5.61. The quantitative estimate of drug-likeness (QED) is 0.324. The van der Waals surface area contributed by atoms with Gasteiger partial charge in [-0.2, -0.15) is 0 Å². The molecule has 0 radical (unpaired) electrons. The van der Waals surface area contributed by atoms with Gasteiger partial charge in [0, 0.05) is 57.5 Å². The molecule has 1 aromatic carbocycles. The summed E-state index contributed by atoms with van der Waals surface area (Å²) in [6.45, 7) is 3.40. The van der Waals surface area contributed by atoms with Gasteiger partial charge in [0.05, 0.1) is 16.1 Å². The Kier molecular flexibility index (Phi) is 12.4. The summed E-state index contributed by atoms with van der Waals surface area (Å²) >= 11 is 12.9. The van der Waals surface area contributed by atoms with Gasteiger partial charge in [0.2, 0.25) is 0 Å². The fraction of sp³-hybridized carbons (Fsp3) is 0.741. The Morgan fingerprint density at radius 1 is 1.14 bits per heavy atom. The molecule has 1 heterocycles. The van der Waals surface area contributed by atoms with Crippen LogP contribution in [0.3, 0.4) is 0 Å². The van der Waals surface area contributed by atoms with E-state index in [1.165, 1.54) is 32.1 Å².